The molecular formula is C30H24F7N5O5. The molecule has 47 heavy (non-hydrogen) atoms. The number of fused-ring (bicyclic) bond motifs is 2. The van der Waals surface area contributed by atoms with Crippen LogP contribution in [0.15, 0.2) is 30.5 Å². The smallest absolute Gasteiger partial charge is 0.424 e. The van der Waals surface area contributed by atoms with Gasteiger partial charge in [-0.15, -0.1) is 0 Å². The van der Waals surface area contributed by atoms with Crippen LogP contribution in [0.4, 0.5) is 30.7 Å². The Labute approximate surface area is 260 Å². The first kappa shape index (κ1) is 32.0. The lowest BCUT2D eigenvalue weighted by Gasteiger charge is -2.31. The predicted molar refractivity (Wildman–Crippen MR) is 148 cm³/mol. The zero-order chi connectivity index (χ0) is 34.2. The number of methoxy groups -OCH3 is 1. The molecule has 10 nitrogen and oxygen atoms in total. The highest BCUT2D eigenvalue weighted by atomic mass is 19.4. The Morgan fingerprint density at radius 1 is 1.13 bits per heavy atom. The number of hydrogen-bond acceptors (Lipinski definition) is 7. The maximum Gasteiger partial charge on any atom is 0.424 e. The predicted octanol–water partition coefficient (Wildman–Crippen LogP) is 4.31. The summed E-state index contributed by atoms with van der Waals surface area (Å²) in [6.07, 6.45) is -2.14. The number of primary amides is 1. The average Bonchev–Trinajstić information content (AvgIpc) is 3.70. The Kier molecular flexibility index (Phi) is 7.37. The van der Waals surface area contributed by atoms with Crippen LogP contribution in [0.2, 0.25) is 0 Å². The maximum absolute atomic E-state index is 14.9. The highest BCUT2D eigenvalue weighted by Gasteiger charge is 2.58. The second-order valence-electron chi connectivity index (χ2n) is 11.6. The monoisotopic (exact) mass is 667 g/mol. The SMILES string of the molecule is COc1cc(C(=O)NCC(O)(c2cc3c(c(-c4cc(F)c(F)c(F)c4F)n2)OC[C@]3(C)C(N)=O)C(F)(F)F)cc2cn(C3CC3)nc12. The Morgan fingerprint density at radius 3 is 2.45 bits per heavy atom. The molecular weight excluding hydrogens is 643 g/mol. The molecule has 248 valence electrons. The molecule has 2 atom stereocenters. The second-order valence-corrected chi connectivity index (χ2v) is 11.6. The lowest BCUT2D eigenvalue weighted by molar-refractivity contribution is -0.265. The lowest BCUT2D eigenvalue weighted by Crippen LogP contribution is -2.51. The molecule has 1 aliphatic heterocycles. The molecule has 4 N–H and O–H groups in total. The molecule has 2 aromatic heterocycles. The van der Waals surface area contributed by atoms with Gasteiger partial charge in [-0.1, -0.05) is 0 Å². The Hall–Kier alpha value is -4.93. The van der Waals surface area contributed by atoms with Gasteiger partial charge in [-0.05, 0) is 44.0 Å². The number of hydrogen-bond donors (Lipinski definition) is 3. The quantitative estimate of drug-likeness (QED) is 0.145. The van der Waals surface area contributed by atoms with E-state index in [0.29, 0.717) is 17.0 Å². The van der Waals surface area contributed by atoms with Gasteiger partial charge >= 0.3 is 6.18 Å². The van der Waals surface area contributed by atoms with Crippen molar-refractivity contribution in [1.29, 1.82) is 0 Å². The molecule has 2 amide bonds. The number of aromatic nitrogens is 3. The third-order valence-corrected chi connectivity index (χ3v) is 8.37. The molecule has 3 heterocycles. The third kappa shape index (κ3) is 5.08. The molecule has 0 radical (unpaired) electrons. The second kappa shape index (κ2) is 10.8. The highest BCUT2D eigenvalue weighted by Crippen LogP contribution is 2.48. The highest BCUT2D eigenvalue weighted by molar-refractivity contribution is 6.00. The Morgan fingerprint density at radius 2 is 1.83 bits per heavy atom. The molecule has 17 heteroatoms. The van der Waals surface area contributed by atoms with Crippen molar-refractivity contribution < 1.29 is 54.9 Å². The molecule has 1 aliphatic carbocycles. The topological polar surface area (TPSA) is 142 Å². The number of ether oxygens (including phenoxy) is 2. The number of nitrogens with one attached hydrogen (secondary N) is 1. The zero-order valence-corrected chi connectivity index (χ0v) is 24.4. The minimum atomic E-state index is -5.60. The summed E-state index contributed by atoms with van der Waals surface area (Å²) in [5.41, 5.74) is -4.10. The number of alkyl halides is 3. The number of aliphatic hydroxyl groups is 1. The minimum Gasteiger partial charge on any atom is -0.494 e. The number of carbonyl (C=O) groups excluding carboxylic acids is 2. The standard InChI is InChI=1S/C30H24F7N5O5/c1-28(27(38)44)11-47-25-16(28)8-19(40-24(25)15-7-17(31)21(33)22(34)20(15)32)29(45,30(35,36)37)10-39-26(43)12-5-13-9-42(14-3-4-14)41-23(13)18(6-12)46-2/h5-9,14,45H,3-4,10-11H2,1-2H3,(H2,38,44)(H,39,43)/t28-,29?/m0/s1. The van der Waals surface area contributed by atoms with Crippen LogP contribution in [-0.4, -0.2) is 58.1 Å². The van der Waals surface area contributed by atoms with Crippen LogP contribution in [0.1, 0.15) is 47.4 Å². The number of amides is 2. The van der Waals surface area contributed by atoms with Crippen molar-refractivity contribution in [3.05, 3.63) is 70.6 Å². The van der Waals surface area contributed by atoms with Gasteiger partial charge < -0.3 is 25.6 Å². The molecule has 0 saturated heterocycles. The fraction of sp³-hybridized carbons (Fsp3) is 0.333. The molecule has 4 aromatic rings. The average molecular weight is 668 g/mol. The van der Waals surface area contributed by atoms with E-state index >= 15 is 0 Å². The van der Waals surface area contributed by atoms with Crippen LogP contribution in [0, 0.1) is 23.3 Å². The van der Waals surface area contributed by atoms with Crippen LogP contribution in [-0.2, 0) is 15.8 Å². The minimum absolute atomic E-state index is 0.132. The third-order valence-electron chi connectivity index (χ3n) is 8.37. The van der Waals surface area contributed by atoms with Crippen molar-refractivity contribution >= 4 is 22.7 Å². The number of rotatable bonds is 8. The van der Waals surface area contributed by atoms with E-state index in [1.165, 1.54) is 26.2 Å². The van der Waals surface area contributed by atoms with Crippen molar-refractivity contribution in [1.82, 2.24) is 20.1 Å². The summed E-state index contributed by atoms with van der Waals surface area (Å²) in [4.78, 5) is 29.3. The van der Waals surface area contributed by atoms with Gasteiger partial charge in [0.25, 0.3) is 5.91 Å². The summed E-state index contributed by atoms with van der Waals surface area (Å²) in [5.74, 6) is -11.1. The summed E-state index contributed by atoms with van der Waals surface area (Å²) < 4.78 is 114. The van der Waals surface area contributed by atoms with E-state index in [4.69, 9.17) is 15.2 Å². The summed E-state index contributed by atoms with van der Waals surface area (Å²) >= 11 is 0. The molecule has 1 saturated carbocycles. The van der Waals surface area contributed by atoms with E-state index in [9.17, 15) is 45.4 Å². The number of pyridine rings is 1. The number of nitrogens with zero attached hydrogens (tertiary/aromatic N) is 3. The van der Waals surface area contributed by atoms with E-state index < -0.39 is 93.7 Å². The van der Waals surface area contributed by atoms with Gasteiger partial charge in [-0.3, -0.25) is 14.3 Å². The van der Waals surface area contributed by atoms with E-state index in [-0.39, 0.29) is 23.4 Å². The number of carbonyl (C=O) groups is 2. The molecule has 6 rings (SSSR count). The maximum atomic E-state index is 14.9. The van der Waals surface area contributed by atoms with Crippen molar-refractivity contribution in [2.75, 3.05) is 20.3 Å². The van der Waals surface area contributed by atoms with Crippen LogP contribution >= 0.6 is 0 Å². The van der Waals surface area contributed by atoms with Crippen LogP contribution < -0.4 is 20.5 Å². The van der Waals surface area contributed by atoms with Gasteiger partial charge in [0.1, 0.15) is 34.7 Å². The van der Waals surface area contributed by atoms with Gasteiger partial charge in [0, 0.05) is 28.3 Å². The molecule has 1 unspecified atom stereocenters. The molecule has 2 aromatic carbocycles. The van der Waals surface area contributed by atoms with E-state index in [0.717, 1.165) is 12.8 Å². The van der Waals surface area contributed by atoms with Gasteiger partial charge in [0.05, 0.1) is 25.4 Å². The first-order chi connectivity index (χ1) is 22.0. The van der Waals surface area contributed by atoms with Crippen molar-refractivity contribution in [3.8, 4) is 22.8 Å². The fourth-order valence-corrected chi connectivity index (χ4v) is 5.31. The van der Waals surface area contributed by atoms with Gasteiger partial charge in [0.2, 0.25) is 11.5 Å². The Bertz CT molecular complexity index is 1980. The van der Waals surface area contributed by atoms with Crippen molar-refractivity contribution in [2.24, 2.45) is 5.73 Å². The molecule has 0 bridgehead atoms. The molecule has 0 spiro atoms. The van der Waals surface area contributed by atoms with Gasteiger partial charge in [-0.25, -0.2) is 22.5 Å². The fourth-order valence-electron chi connectivity index (χ4n) is 5.31. The lowest BCUT2D eigenvalue weighted by atomic mass is 9.81. The number of benzene rings is 2. The largest absolute Gasteiger partial charge is 0.494 e. The molecule has 2 aliphatic rings. The summed E-state index contributed by atoms with van der Waals surface area (Å²) in [6, 6.07) is 3.54. The normalized spacial score (nSPS) is 18.9. The van der Waals surface area contributed by atoms with Crippen LogP contribution in [0.5, 0.6) is 11.5 Å². The van der Waals surface area contributed by atoms with Gasteiger partial charge in [-0.2, -0.15) is 18.3 Å². The number of halogens is 7. The Balaban J connectivity index is 1.44. The van der Waals surface area contributed by atoms with Crippen molar-refractivity contribution in [2.45, 2.75) is 43.0 Å². The van der Waals surface area contributed by atoms with E-state index in [1.807, 2.05) is 5.32 Å². The van der Waals surface area contributed by atoms with Crippen molar-refractivity contribution in [3.63, 3.8) is 0 Å². The first-order valence-electron chi connectivity index (χ1n) is 14.0. The number of nitrogens with two attached hydrogens (primary N) is 1. The van der Waals surface area contributed by atoms with E-state index in [1.54, 1.807) is 10.9 Å². The summed E-state index contributed by atoms with van der Waals surface area (Å²) in [6.45, 7) is -1.02. The summed E-state index contributed by atoms with van der Waals surface area (Å²) in [5, 5.41) is 18.1. The molecule has 1 fully saturated rings. The van der Waals surface area contributed by atoms with E-state index in [2.05, 4.69) is 10.1 Å². The van der Waals surface area contributed by atoms with Crippen LogP contribution in [0.3, 0.4) is 0 Å². The summed E-state index contributed by atoms with van der Waals surface area (Å²) in [7, 11) is 1.32. The van der Waals surface area contributed by atoms with Gasteiger partial charge in [0.15, 0.2) is 23.3 Å². The first-order valence-corrected chi connectivity index (χ1v) is 14.0. The zero-order valence-electron chi connectivity index (χ0n) is 24.4. The van der Waals surface area contributed by atoms with Crippen LogP contribution in [0.25, 0.3) is 22.2 Å².